The third-order valence-corrected chi connectivity index (χ3v) is 8.93. The second-order valence-electron chi connectivity index (χ2n) is 12.8. The van der Waals surface area contributed by atoms with Gasteiger partial charge < -0.3 is 34.3 Å². The van der Waals surface area contributed by atoms with Crippen LogP contribution in [0.1, 0.15) is 80.6 Å². The van der Waals surface area contributed by atoms with E-state index >= 15 is 0 Å². The van der Waals surface area contributed by atoms with Crippen LogP contribution in [0.4, 0.5) is 0 Å². The monoisotopic (exact) mass is 611 g/mol. The van der Waals surface area contributed by atoms with Gasteiger partial charge >= 0.3 is 17.9 Å². The second kappa shape index (κ2) is 14.3. The highest BCUT2D eigenvalue weighted by Gasteiger charge is 2.56. The Hall–Kier alpha value is -2.77. The normalized spacial score (nSPS) is 35.0. The van der Waals surface area contributed by atoms with Gasteiger partial charge in [0.05, 0.1) is 30.0 Å². The smallest absolute Gasteiger partial charge is 0.303 e. The number of ether oxygens (including phenoxy) is 4. The van der Waals surface area contributed by atoms with Gasteiger partial charge in [-0.2, -0.15) is 0 Å². The number of nitrogens with zero attached hydrogens (tertiary/aromatic N) is 1. The van der Waals surface area contributed by atoms with Gasteiger partial charge in [0, 0.05) is 41.2 Å². The number of esters is 3. The van der Waals surface area contributed by atoms with E-state index in [-0.39, 0.29) is 31.3 Å². The van der Waals surface area contributed by atoms with Crippen molar-refractivity contribution in [3.8, 4) is 0 Å². The molecule has 1 aliphatic carbocycles. The van der Waals surface area contributed by atoms with E-state index in [1.807, 2.05) is 11.9 Å². The SMILES string of the molecule is CC(=O)N[C@@H]1[C@@H](OC(C)=O)[C@H](OC(C)=O)[C@@H](COC(C)=O)O[C@@H]1C[C@@H](O)C[C@@H]1N[C@]2(C[C@H](C)CC[C@H]2C(C)C)N(C)C1=O. The third-order valence-electron chi connectivity index (χ3n) is 8.93. The van der Waals surface area contributed by atoms with Crippen molar-refractivity contribution in [3.05, 3.63) is 0 Å². The quantitative estimate of drug-likeness (QED) is 0.238. The molecule has 2 amide bonds. The Bertz CT molecular complexity index is 1050. The molecule has 2 heterocycles. The number of hydrogen-bond donors (Lipinski definition) is 3. The molecule has 3 rings (SSSR count). The molecule has 0 radical (unpaired) electrons. The Kier molecular flexibility index (Phi) is 11.6. The zero-order valence-corrected chi connectivity index (χ0v) is 26.6. The van der Waals surface area contributed by atoms with Gasteiger partial charge in [-0.3, -0.25) is 29.3 Å². The van der Waals surface area contributed by atoms with Crippen LogP contribution in [0.5, 0.6) is 0 Å². The molecule has 43 heavy (non-hydrogen) atoms. The molecule has 3 fully saturated rings. The summed E-state index contributed by atoms with van der Waals surface area (Å²) in [6.07, 6.45) is -2.55. The predicted octanol–water partition coefficient (Wildman–Crippen LogP) is 1.04. The topological polar surface area (TPSA) is 170 Å². The minimum atomic E-state index is -1.21. The van der Waals surface area contributed by atoms with Crippen LogP contribution in [-0.4, -0.2) is 102 Å². The molecule has 13 nitrogen and oxygen atoms in total. The highest BCUT2D eigenvalue weighted by atomic mass is 16.6. The summed E-state index contributed by atoms with van der Waals surface area (Å²) >= 11 is 0. The number of hydrogen-bond acceptors (Lipinski definition) is 11. The minimum absolute atomic E-state index is 0.0573. The van der Waals surface area contributed by atoms with Crippen molar-refractivity contribution in [2.24, 2.45) is 17.8 Å². The van der Waals surface area contributed by atoms with Crippen LogP contribution in [0.3, 0.4) is 0 Å². The van der Waals surface area contributed by atoms with Crippen LogP contribution in [0.15, 0.2) is 0 Å². The Morgan fingerprint density at radius 3 is 2.21 bits per heavy atom. The van der Waals surface area contributed by atoms with Crippen molar-refractivity contribution in [2.45, 2.75) is 129 Å². The molecule has 1 spiro atoms. The van der Waals surface area contributed by atoms with E-state index in [4.69, 9.17) is 18.9 Å². The van der Waals surface area contributed by atoms with Crippen molar-refractivity contribution in [1.29, 1.82) is 0 Å². The van der Waals surface area contributed by atoms with Gasteiger partial charge in [0.1, 0.15) is 12.7 Å². The van der Waals surface area contributed by atoms with Gasteiger partial charge in [0.2, 0.25) is 11.8 Å². The Morgan fingerprint density at radius 2 is 1.65 bits per heavy atom. The van der Waals surface area contributed by atoms with Crippen molar-refractivity contribution < 1.29 is 48.0 Å². The number of nitrogens with one attached hydrogen (secondary N) is 2. The first-order valence-electron chi connectivity index (χ1n) is 15.2. The zero-order valence-electron chi connectivity index (χ0n) is 26.6. The van der Waals surface area contributed by atoms with E-state index in [2.05, 4.69) is 31.4 Å². The fourth-order valence-corrected chi connectivity index (χ4v) is 7.24. The average molecular weight is 612 g/mol. The highest BCUT2D eigenvalue weighted by Crippen LogP contribution is 2.45. The van der Waals surface area contributed by atoms with Crippen molar-refractivity contribution in [3.63, 3.8) is 0 Å². The Morgan fingerprint density at radius 1 is 1.02 bits per heavy atom. The number of carbonyl (C=O) groups is 5. The lowest BCUT2D eigenvalue weighted by Crippen LogP contribution is -2.66. The summed E-state index contributed by atoms with van der Waals surface area (Å²) < 4.78 is 22.3. The molecular formula is C30H49N3O10. The summed E-state index contributed by atoms with van der Waals surface area (Å²) in [6, 6.07) is -1.65. The van der Waals surface area contributed by atoms with Gasteiger partial charge in [0.25, 0.3) is 0 Å². The zero-order chi connectivity index (χ0) is 32.2. The number of likely N-dealkylation sites (N-methyl/N-ethyl adjacent to an activating group) is 1. The molecule has 0 aromatic carbocycles. The molecule has 13 heteroatoms. The number of aliphatic hydroxyl groups excluding tert-OH is 1. The molecule has 2 aliphatic heterocycles. The lowest BCUT2D eigenvalue weighted by molar-refractivity contribution is -0.226. The molecular weight excluding hydrogens is 562 g/mol. The summed E-state index contributed by atoms with van der Waals surface area (Å²) in [7, 11) is 1.82. The number of carbonyl (C=O) groups excluding carboxylic acids is 5. The maximum Gasteiger partial charge on any atom is 0.303 e. The maximum atomic E-state index is 13.5. The summed E-state index contributed by atoms with van der Waals surface area (Å²) in [5.41, 5.74) is -0.500. The standard InChI is InChI=1S/C30H49N3O10/c1-15(2)22-10-9-16(3)13-30(22)32-23(29(39)33(30)8)11-21(38)12-24-26(31-17(4)34)28(42-20(7)37)27(41-19(6)36)25(43-24)14-40-18(5)35/h15-16,21-28,32,38H,9-14H2,1-8H3,(H,31,34)/t16-,21+,22+,23+,24-,25-,26+,27-,28-,30-/m1/s1. The highest BCUT2D eigenvalue weighted by molar-refractivity contribution is 5.85. The summed E-state index contributed by atoms with van der Waals surface area (Å²) in [5.74, 6) is -1.50. The first-order chi connectivity index (χ1) is 20.0. The Labute approximate surface area is 253 Å². The molecule has 244 valence electrons. The van der Waals surface area contributed by atoms with Crippen LogP contribution >= 0.6 is 0 Å². The fraction of sp³-hybridized carbons (Fsp3) is 0.833. The van der Waals surface area contributed by atoms with Crippen LogP contribution in [-0.2, 0) is 42.9 Å². The van der Waals surface area contributed by atoms with E-state index in [1.165, 1.54) is 27.7 Å². The molecule has 3 aliphatic rings. The van der Waals surface area contributed by atoms with Gasteiger partial charge in [-0.05, 0) is 37.0 Å². The van der Waals surface area contributed by atoms with E-state index in [9.17, 15) is 29.1 Å². The first kappa shape index (κ1) is 34.7. The first-order valence-corrected chi connectivity index (χ1v) is 15.2. The van der Waals surface area contributed by atoms with Crippen LogP contribution in [0.2, 0.25) is 0 Å². The molecule has 1 saturated carbocycles. The lowest BCUT2D eigenvalue weighted by atomic mass is 9.69. The van der Waals surface area contributed by atoms with E-state index in [1.54, 1.807) is 0 Å². The molecule has 0 unspecified atom stereocenters. The number of amides is 2. The fourth-order valence-electron chi connectivity index (χ4n) is 7.24. The van der Waals surface area contributed by atoms with Gasteiger partial charge in [-0.15, -0.1) is 0 Å². The van der Waals surface area contributed by atoms with E-state index in [0.29, 0.717) is 11.8 Å². The molecule has 0 aromatic rings. The molecule has 2 saturated heterocycles. The molecule has 0 bridgehead atoms. The number of aliphatic hydroxyl groups is 1. The predicted molar refractivity (Wildman–Crippen MR) is 153 cm³/mol. The van der Waals surface area contributed by atoms with Gasteiger partial charge in [-0.25, -0.2) is 0 Å². The third kappa shape index (κ3) is 8.24. The van der Waals surface area contributed by atoms with Crippen molar-refractivity contribution in [1.82, 2.24) is 15.5 Å². The lowest BCUT2D eigenvalue weighted by Gasteiger charge is -2.49. The molecule has 3 N–H and O–H groups in total. The number of rotatable bonds is 10. The van der Waals surface area contributed by atoms with Gasteiger partial charge in [0.15, 0.2) is 12.2 Å². The van der Waals surface area contributed by atoms with Crippen molar-refractivity contribution in [2.75, 3.05) is 13.7 Å². The molecule has 0 aromatic heterocycles. The van der Waals surface area contributed by atoms with Crippen LogP contribution < -0.4 is 10.6 Å². The summed E-state index contributed by atoms with van der Waals surface area (Å²) in [4.78, 5) is 63.3. The van der Waals surface area contributed by atoms with Crippen molar-refractivity contribution >= 4 is 29.7 Å². The minimum Gasteiger partial charge on any atom is -0.463 e. The summed E-state index contributed by atoms with van der Waals surface area (Å²) in [5, 5.41) is 17.7. The largest absolute Gasteiger partial charge is 0.463 e. The van der Waals surface area contributed by atoms with E-state index < -0.39 is 72.1 Å². The second-order valence-corrected chi connectivity index (χ2v) is 12.8. The maximum absolute atomic E-state index is 13.5. The van der Waals surface area contributed by atoms with Gasteiger partial charge in [-0.1, -0.05) is 27.2 Å². The Balaban J connectivity index is 1.86. The molecule has 10 atom stereocenters. The van der Waals surface area contributed by atoms with Crippen LogP contribution in [0, 0.1) is 17.8 Å². The average Bonchev–Trinajstić information content (AvgIpc) is 3.09. The van der Waals surface area contributed by atoms with Crippen LogP contribution in [0.25, 0.3) is 0 Å². The summed E-state index contributed by atoms with van der Waals surface area (Å²) in [6.45, 7) is 11.0. The van der Waals surface area contributed by atoms with E-state index in [0.717, 1.165) is 19.3 Å².